The van der Waals surface area contributed by atoms with E-state index in [1.54, 1.807) is 44.2 Å². The molecule has 0 aliphatic carbocycles. The fourth-order valence-corrected chi connectivity index (χ4v) is 7.35. The molecular weight excluding hydrogens is 947 g/mol. The van der Waals surface area contributed by atoms with Crippen LogP contribution in [-0.4, -0.2) is 167 Å². The average molecular weight is 1020 g/mol. The summed E-state index contributed by atoms with van der Waals surface area (Å²) < 4.78 is 0. The molecule has 1 aliphatic heterocycles. The van der Waals surface area contributed by atoms with Crippen molar-refractivity contribution in [1.29, 1.82) is 0 Å². The van der Waals surface area contributed by atoms with Gasteiger partial charge in [-0.15, -0.1) is 0 Å². The lowest BCUT2D eigenvalue weighted by Gasteiger charge is -2.32. The quantitative estimate of drug-likeness (QED) is 0.0341. The molecule has 0 radical (unpaired) electrons. The highest BCUT2D eigenvalue weighted by Gasteiger charge is 2.40. The van der Waals surface area contributed by atoms with Crippen molar-refractivity contribution in [3.63, 3.8) is 0 Å². The number of amides is 12. The summed E-state index contributed by atoms with van der Waals surface area (Å²) in [5.41, 5.74) is 21.9. The van der Waals surface area contributed by atoms with Gasteiger partial charge in [0, 0.05) is 13.0 Å². The first-order valence-corrected chi connectivity index (χ1v) is 23.4. The smallest absolute Gasteiger partial charge is 0.245 e. The van der Waals surface area contributed by atoms with Crippen LogP contribution < -0.4 is 65.5 Å². The van der Waals surface area contributed by atoms with E-state index >= 15 is 0 Å². The Morgan fingerprint density at radius 1 is 0.653 bits per heavy atom. The summed E-state index contributed by atoms with van der Waals surface area (Å²) in [6, 6.07) is -4.26. The fourth-order valence-electron chi connectivity index (χ4n) is 7.35. The van der Waals surface area contributed by atoms with Crippen molar-refractivity contribution in [2.45, 2.75) is 134 Å². The highest BCUT2D eigenvalue weighted by Crippen LogP contribution is 2.21. The standard InChI is InChI=1S/C45H71N13O14/c1-6-23(4)36(44(71)55-30(15-22(2)3)45(72)58-14-10-13-32(58)43(70)56-31(21-60)37(49)64)57-38(65)24(5)51-35(63)19-50-40(67)27(16-25-11-8-7-9-12-25)53-42(69)29(18-34(48)62)54-41(68)28(17-33(47)61)52-39(66)26(46)20-59/h7-9,11-12,22-24,26-32,36,59-60H,6,10,13-21,46H2,1-5H3,(H2,47,61)(H2,48,62)(H2,49,64)(H,50,67)(H,51,63)(H,52,66)(H,53,69)(H,54,68)(H,55,71)(H,56,70)(H,57,65)/t23-,24-,26-,27-,28-,29-,30-,31-,32-,36-/m0/s1. The minimum absolute atomic E-state index is 0.124. The van der Waals surface area contributed by atoms with Gasteiger partial charge in [0.05, 0.1) is 32.6 Å². The molecule has 400 valence electrons. The number of benzene rings is 1. The van der Waals surface area contributed by atoms with Crippen LogP contribution in [0.15, 0.2) is 30.3 Å². The number of nitrogens with two attached hydrogens (primary N) is 4. The molecule has 1 heterocycles. The van der Waals surface area contributed by atoms with E-state index in [1.807, 2.05) is 13.8 Å². The van der Waals surface area contributed by atoms with E-state index in [1.165, 1.54) is 11.8 Å². The predicted octanol–water partition coefficient (Wildman–Crippen LogP) is -6.61. The number of nitrogens with zero attached hydrogens (tertiary/aromatic N) is 1. The first-order chi connectivity index (χ1) is 33.8. The molecule has 0 spiro atoms. The summed E-state index contributed by atoms with van der Waals surface area (Å²) in [6.07, 6.45) is -0.567. The molecular formula is C45H71N13O14. The minimum Gasteiger partial charge on any atom is -0.394 e. The Morgan fingerprint density at radius 3 is 1.72 bits per heavy atom. The highest BCUT2D eigenvalue weighted by molar-refractivity contribution is 5.99. The number of nitrogens with one attached hydrogen (secondary N) is 8. The zero-order valence-electron chi connectivity index (χ0n) is 41.1. The van der Waals surface area contributed by atoms with Gasteiger partial charge in [0.1, 0.15) is 54.4 Å². The lowest BCUT2D eigenvalue weighted by Crippen LogP contribution is -2.60. The molecule has 27 heteroatoms. The molecule has 12 amide bonds. The average Bonchev–Trinajstić information content (AvgIpc) is 3.82. The first-order valence-electron chi connectivity index (χ1n) is 23.4. The first kappa shape index (κ1) is 60.9. The van der Waals surface area contributed by atoms with E-state index in [-0.39, 0.29) is 31.7 Å². The number of carbonyl (C=O) groups excluding carboxylic acids is 12. The van der Waals surface area contributed by atoms with Gasteiger partial charge in [0.2, 0.25) is 70.9 Å². The Morgan fingerprint density at radius 2 is 1.21 bits per heavy atom. The van der Waals surface area contributed by atoms with Crippen LogP contribution in [0, 0.1) is 11.8 Å². The van der Waals surface area contributed by atoms with Gasteiger partial charge in [-0.1, -0.05) is 64.4 Å². The van der Waals surface area contributed by atoms with Gasteiger partial charge in [-0.2, -0.15) is 0 Å². The summed E-state index contributed by atoms with van der Waals surface area (Å²) in [4.78, 5) is 157. The minimum atomic E-state index is -1.78. The molecule has 1 aliphatic rings. The fraction of sp³-hybridized carbons (Fsp3) is 0.600. The van der Waals surface area contributed by atoms with Gasteiger partial charge in [0.15, 0.2) is 0 Å². The number of aliphatic hydroxyl groups excluding tert-OH is 2. The second-order valence-corrected chi connectivity index (χ2v) is 17.9. The lowest BCUT2D eigenvalue weighted by molar-refractivity contribution is -0.143. The maximum absolute atomic E-state index is 14.0. The second kappa shape index (κ2) is 29.8. The van der Waals surface area contributed by atoms with Crippen LogP contribution in [0.1, 0.15) is 78.7 Å². The Kier molecular flexibility index (Phi) is 25.2. The molecule has 1 fully saturated rings. The number of hydrogen-bond acceptors (Lipinski definition) is 15. The molecule has 1 aromatic rings. The van der Waals surface area contributed by atoms with Crippen molar-refractivity contribution in [1.82, 2.24) is 47.4 Å². The van der Waals surface area contributed by atoms with E-state index in [9.17, 15) is 67.7 Å². The molecule has 27 nitrogen and oxygen atoms in total. The van der Waals surface area contributed by atoms with Gasteiger partial charge in [-0.25, -0.2) is 0 Å². The molecule has 10 atom stereocenters. The molecule has 1 aromatic carbocycles. The Hall–Kier alpha value is -7.26. The third kappa shape index (κ3) is 19.9. The molecule has 0 saturated carbocycles. The van der Waals surface area contributed by atoms with Crippen LogP contribution in [0.2, 0.25) is 0 Å². The third-order valence-corrected chi connectivity index (χ3v) is 11.5. The SMILES string of the molecule is CC[C@H](C)[C@H](NC(=O)[C@H](C)NC(=O)CNC(=O)[C@H](Cc1ccccc1)NC(=O)[C@H](CC(N)=O)NC(=O)[C@H](CC(N)=O)NC(=O)[C@@H](N)CO)C(=O)N[C@@H](CC(C)C)C(=O)N1CCC[C@H]1C(=O)N[C@@H](CO)C(N)=O. The van der Waals surface area contributed by atoms with E-state index in [4.69, 9.17) is 22.9 Å². The summed E-state index contributed by atoms with van der Waals surface area (Å²) >= 11 is 0. The van der Waals surface area contributed by atoms with Crippen LogP contribution in [0.3, 0.4) is 0 Å². The van der Waals surface area contributed by atoms with Crippen molar-refractivity contribution >= 4 is 70.9 Å². The number of carbonyl (C=O) groups is 12. The van der Waals surface area contributed by atoms with Crippen molar-refractivity contribution < 1.29 is 67.7 Å². The third-order valence-electron chi connectivity index (χ3n) is 11.5. The van der Waals surface area contributed by atoms with E-state index < -0.39 is 164 Å². The zero-order valence-corrected chi connectivity index (χ0v) is 41.1. The lowest BCUT2D eigenvalue weighted by atomic mass is 9.96. The Balaban J connectivity index is 2.21. The summed E-state index contributed by atoms with van der Waals surface area (Å²) in [5, 5.41) is 38.0. The number of hydrogen-bond donors (Lipinski definition) is 14. The van der Waals surface area contributed by atoms with Crippen molar-refractivity contribution in [2.24, 2.45) is 34.8 Å². The molecule has 0 bridgehead atoms. The van der Waals surface area contributed by atoms with Crippen LogP contribution in [0.5, 0.6) is 0 Å². The summed E-state index contributed by atoms with van der Waals surface area (Å²) in [7, 11) is 0. The highest BCUT2D eigenvalue weighted by atomic mass is 16.3. The van der Waals surface area contributed by atoms with E-state index in [2.05, 4.69) is 42.5 Å². The molecule has 18 N–H and O–H groups in total. The van der Waals surface area contributed by atoms with Gasteiger partial charge >= 0.3 is 0 Å². The topological polar surface area (TPSA) is 449 Å². The van der Waals surface area contributed by atoms with Gasteiger partial charge < -0.3 is 80.6 Å². The molecule has 0 unspecified atom stereocenters. The van der Waals surface area contributed by atoms with Crippen LogP contribution >= 0.6 is 0 Å². The number of rotatable bonds is 30. The maximum Gasteiger partial charge on any atom is 0.245 e. The zero-order chi connectivity index (χ0) is 54.4. The molecule has 0 aromatic heterocycles. The number of primary amides is 3. The van der Waals surface area contributed by atoms with Gasteiger partial charge in [0.25, 0.3) is 0 Å². The van der Waals surface area contributed by atoms with E-state index in [0.29, 0.717) is 18.4 Å². The van der Waals surface area contributed by atoms with Crippen LogP contribution in [-0.2, 0) is 64.0 Å². The summed E-state index contributed by atoms with van der Waals surface area (Å²) in [6.45, 7) is 6.26. The number of likely N-dealkylation sites (tertiary alicyclic amines) is 1. The van der Waals surface area contributed by atoms with Gasteiger partial charge in [-0.05, 0) is 43.6 Å². The molecule has 72 heavy (non-hydrogen) atoms. The van der Waals surface area contributed by atoms with Crippen LogP contribution in [0.4, 0.5) is 0 Å². The van der Waals surface area contributed by atoms with Crippen molar-refractivity contribution in [2.75, 3.05) is 26.3 Å². The van der Waals surface area contributed by atoms with E-state index in [0.717, 1.165) is 0 Å². The Labute approximate surface area is 416 Å². The number of aliphatic hydroxyl groups is 2. The predicted molar refractivity (Wildman–Crippen MR) is 255 cm³/mol. The molecule has 1 saturated heterocycles. The van der Waals surface area contributed by atoms with Gasteiger partial charge in [-0.3, -0.25) is 57.5 Å². The monoisotopic (exact) mass is 1020 g/mol. The normalized spacial score (nSPS) is 16.9. The van der Waals surface area contributed by atoms with Crippen molar-refractivity contribution in [3.8, 4) is 0 Å². The Bertz CT molecular complexity index is 2110. The van der Waals surface area contributed by atoms with Crippen LogP contribution in [0.25, 0.3) is 0 Å². The summed E-state index contributed by atoms with van der Waals surface area (Å²) in [5.74, 6) is -11.7. The maximum atomic E-state index is 14.0. The van der Waals surface area contributed by atoms with Crippen molar-refractivity contribution in [3.05, 3.63) is 35.9 Å². The second-order valence-electron chi connectivity index (χ2n) is 17.9. The largest absolute Gasteiger partial charge is 0.394 e. The molecule has 2 rings (SSSR count).